The Hall–Kier alpha value is -3.39. The van der Waals surface area contributed by atoms with E-state index in [2.05, 4.69) is 20.9 Å². The number of carbonyl (C=O) groups is 2. The third-order valence-electron chi connectivity index (χ3n) is 4.12. The highest BCUT2D eigenvalue weighted by atomic mass is 32.1. The fraction of sp³-hybridized carbons (Fsp3) is 0.190. The van der Waals surface area contributed by atoms with Gasteiger partial charge >= 0.3 is 6.03 Å². The lowest BCUT2D eigenvalue weighted by Crippen LogP contribution is -2.22. The number of hydrogen-bond acceptors (Lipinski definition) is 5. The van der Waals surface area contributed by atoms with Crippen LogP contribution in [0.2, 0.25) is 0 Å². The number of rotatable bonds is 6. The minimum atomic E-state index is -0.411. The van der Waals surface area contributed by atoms with Crippen LogP contribution >= 0.6 is 11.3 Å². The van der Waals surface area contributed by atoms with Crippen LogP contribution in [0, 0.1) is 13.8 Å². The Bertz CT molecular complexity index is 1020. The summed E-state index contributed by atoms with van der Waals surface area (Å²) in [6.45, 7) is 4.08. The Labute approximate surface area is 173 Å². The highest BCUT2D eigenvalue weighted by Gasteiger charge is 2.16. The van der Waals surface area contributed by atoms with Crippen molar-refractivity contribution < 1.29 is 14.3 Å². The Morgan fingerprint density at radius 2 is 1.83 bits per heavy atom. The number of nitrogens with zero attached hydrogens (tertiary/aromatic N) is 1. The van der Waals surface area contributed by atoms with E-state index in [-0.39, 0.29) is 5.91 Å². The normalized spacial score (nSPS) is 10.3. The maximum absolute atomic E-state index is 12.5. The lowest BCUT2D eigenvalue weighted by atomic mass is 10.2. The molecule has 8 heteroatoms. The fourth-order valence-corrected chi connectivity index (χ4v) is 3.48. The average Bonchev–Trinajstić information content (AvgIpc) is 3.08. The molecule has 0 bridgehead atoms. The molecule has 3 aromatic rings. The van der Waals surface area contributed by atoms with Gasteiger partial charge < -0.3 is 15.4 Å². The second-order valence-electron chi connectivity index (χ2n) is 6.41. The molecule has 3 amide bonds. The quantitative estimate of drug-likeness (QED) is 0.564. The van der Waals surface area contributed by atoms with Gasteiger partial charge in [-0.1, -0.05) is 41.2 Å². The number of anilines is 2. The van der Waals surface area contributed by atoms with Crippen molar-refractivity contribution in [3.8, 4) is 5.75 Å². The van der Waals surface area contributed by atoms with E-state index in [9.17, 15) is 9.59 Å². The highest BCUT2D eigenvalue weighted by Crippen LogP contribution is 2.23. The van der Waals surface area contributed by atoms with Crippen molar-refractivity contribution in [1.82, 2.24) is 10.3 Å². The van der Waals surface area contributed by atoms with Crippen molar-refractivity contribution in [3.05, 3.63) is 70.2 Å². The summed E-state index contributed by atoms with van der Waals surface area (Å²) >= 11 is 1.13. The molecule has 2 aromatic carbocycles. The molecule has 0 radical (unpaired) electrons. The molecule has 0 spiro atoms. The van der Waals surface area contributed by atoms with Crippen LogP contribution in [0.1, 0.15) is 26.5 Å². The number of carbonyl (C=O) groups excluding carboxylic acids is 2. The van der Waals surface area contributed by atoms with Gasteiger partial charge in [0.05, 0.1) is 12.8 Å². The van der Waals surface area contributed by atoms with Crippen molar-refractivity contribution in [2.45, 2.75) is 20.4 Å². The first-order valence-electron chi connectivity index (χ1n) is 8.98. The highest BCUT2D eigenvalue weighted by molar-refractivity contribution is 7.17. The second kappa shape index (κ2) is 9.20. The fourth-order valence-electron chi connectivity index (χ4n) is 2.60. The topological polar surface area (TPSA) is 92.4 Å². The molecule has 29 heavy (non-hydrogen) atoms. The van der Waals surface area contributed by atoms with E-state index in [1.807, 2.05) is 55.5 Å². The SMILES string of the molecule is COc1cccc(CNC(=O)c2sc(NC(=O)Nc3ccc(C)cc3)nc2C)c1. The maximum Gasteiger partial charge on any atom is 0.325 e. The van der Waals surface area contributed by atoms with Gasteiger partial charge in [-0.05, 0) is 43.7 Å². The van der Waals surface area contributed by atoms with Crippen molar-refractivity contribution in [3.63, 3.8) is 0 Å². The number of hydrogen-bond donors (Lipinski definition) is 3. The van der Waals surface area contributed by atoms with E-state index in [1.165, 1.54) is 0 Å². The summed E-state index contributed by atoms with van der Waals surface area (Å²) in [5.74, 6) is 0.492. The molecule has 150 valence electrons. The third kappa shape index (κ3) is 5.55. The first-order chi connectivity index (χ1) is 13.9. The number of aromatic nitrogens is 1. The van der Waals surface area contributed by atoms with Crippen molar-refractivity contribution >= 4 is 34.1 Å². The predicted octanol–water partition coefficient (Wildman–Crippen LogP) is 4.34. The second-order valence-corrected chi connectivity index (χ2v) is 7.41. The molecule has 0 aliphatic carbocycles. The summed E-state index contributed by atoms with van der Waals surface area (Å²) in [5.41, 5.74) is 3.27. The zero-order valence-corrected chi connectivity index (χ0v) is 17.2. The number of ether oxygens (including phenoxy) is 1. The van der Waals surface area contributed by atoms with Gasteiger partial charge in [-0.3, -0.25) is 10.1 Å². The number of aryl methyl sites for hydroxylation is 2. The summed E-state index contributed by atoms with van der Waals surface area (Å²) in [5, 5.41) is 8.63. The van der Waals surface area contributed by atoms with Gasteiger partial charge in [-0.15, -0.1) is 0 Å². The molecule has 0 atom stereocenters. The van der Waals surface area contributed by atoms with E-state index in [0.717, 1.165) is 28.2 Å². The number of thiazole rings is 1. The monoisotopic (exact) mass is 410 g/mol. The van der Waals surface area contributed by atoms with Gasteiger partial charge in [0.15, 0.2) is 5.13 Å². The van der Waals surface area contributed by atoms with Crippen molar-refractivity contribution in [1.29, 1.82) is 0 Å². The van der Waals surface area contributed by atoms with Crippen LogP contribution in [-0.4, -0.2) is 24.0 Å². The van der Waals surface area contributed by atoms with E-state index < -0.39 is 6.03 Å². The van der Waals surface area contributed by atoms with Crippen LogP contribution in [0.5, 0.6) is 5.75 Å². The van der Waals surface area contributed by atoms with Gasteiger partial charge in [0, 0.05) is 12.2 Å². The lowest BCUT2D eigenvalue weighted by Gasteiger charge is -2.06. The first-order valence-corrected chi connectivity index (χ1v) is 9.79. The van der Waals surface area contributed by atoms with Gasteiger partial charge in [-0.25, -0.2) is 9.78 Å². The molecule has 0 saturated heterocycles. The first kappa shape index (κ1) is 20.3. The zero-order chi connectivity index (χ0) is 20.8. The van der Waals surface area contributed by atoms with Crippen molar-refractivity contribution in [2.75, 3.05) is 17.7 Å². The maximum atomic E-state index is 12.5. The van der Waals surface area contributed by atoms with Crippen LogP contribution in [0.4, 0.5) is 15.6 Å². The van der Waals surface area contributed by atoms with E-state index in [0.29, 0.717) is 27.9 Å². The molecular formula is C21H22N4O3S. The minimum absolute atomic E-state index is 0.241. The smallest absolute Gasteiger partial charge is 0.325 e. The molecule has 1 heterocycles. The van der Waals surface area contributed by atoms with Crippen LogP contribution in [0.25, 0.3) is 0 Å². The lowest BCUT2D eigenvalue weighted by molar-refractivity contribution is 0.0954. The minimum Gasteiger partial charge on any atom is -0.497 e. The Kier molecular flexibility index (Phi) is 6.46. The molecule has 3 N–H and O–H groups in total. The van der Waals surface area contributed by atoms with Crippen molar-refractivity contribution in [2.24, 2.45) is 0 Å². The molecular weight excluding hydrogens is 388 g/mol. The van der Waals surface area contributed by atoms with Gasteiger partial charge in [0.2, 0.25) is 0 Å². The molecule has 0 aliphatic rings. The Balaban J connectivity index is 1.59. The van der Waals surface area contributed by atoms with E-state index >= 15 is 0 Å². The number of urea groups is 1. The van der Waals surface area contributed by atoms with Gasteiger partial charge in [-0.2, -0.15) is 0 Å². The molecule has 0 unspecified atom stereocenters. The van der Waals surface area contributed by atoms with Crippen LogP contribution in [-0.2, 0) is 6.54 Å². The van der Waals surface area contributed by atoms with E-state index in [4.69, 9.17) is 4.74 Å². The Morgan fingerprint density at radius 1 is 1.07 bits per heavy atom. The molecule has 0 aliphatic heterocycles. The third-order valence-corrected chi connectivity index (χ3v) is 5.19. The van der Waals surface area contributed by atoms with E-state index in [1.54, 1.807) is 14.0 Å². The van der Waals surface area contributed by atoms with Crippen LogP contribution < -0.4 is 20.7 Å². The summed E-state index contributed by atoms with van der Waals surface area (Å²) in [6, 6.07) is 14.5. The average molecular weight is 410 g/mol. The molecule has 7 nitrogen and oxygen atoms in total. The number of nitrogens with one attached hydrogen (secondary N) is 3. The number of benzene rings is 2. The van der Waals surface area contributed by atoms with Crippen LogP contribution in [0.3, 0.4) is 0 Å². The predicted molar refractivity (Wildman–Crippen MR) is 115 cm³/mol. The largest absolute Gasteiger partial charge is 0.497 e. The number of methoxy groups -OCH3 is 1. The van der Waals surface area contributed by atoms with Gasteiger partial charge in [0.25, 0.3) is 5.91 Å². The molecule has 3 rings (SSSR count). The molecule has 1 aromatic heterocycles. The summed E-state index contributed by atoms with van der Waals surface area (Å²) in [4.78, 5) is 29.4. The summed E-state index contributed by atoms with van der Waals surface area (Å²) in [7, 11) is 1.60. The Morgan fingerprint density at radius 3 is 2.55 bits per heavy atom. The number of amides is 3. The summed E-state index contributed by atoms with van der Waals surface area (Å²) in [6.07, 6.45) is 0. The van der Waals surface area contributed by atoms with Gasteiger partial charge in [0.1, 0.15) is 10.6 Å². The molecule has 0 saturated carbocycles. The summed E-state index contributed by atoms with van der Waals surface area (Å²) < 4.78 is 5.19. The van der Waals surface area contributed by atoms with Crippen LogP contribution in [0.15, 0.2) is 48.5 Å². The standard InChI is InChI=1S/C21H22N4O3S/c1-13-7-9-16(10-8-13)24-20(27)25-21-23-14(2)18(29-21)19(26)22-12-15-5-4-6-17(11-15)28-3/h4-11H,12H2,1-3H3,(H,22,26)(H2,23,24,25,27). The zero-order valence-electron chi connectivity index (χ0n) is 16.4. The molecule has 0 fully saturated rings.